The maximum Gasteiger partial charge on any atom is 0.328 e. The summed E-state index contributed by atoms with van der Waals surface area (Å²) in [7, 11) is -2.02. The summed E-state index contributed by atoms with van der Waals surface area (Å²) < 4.78 is 6.24. The highest BCUT2D eigenvalue weighted by molar-refractivity contribution is 6.74. The molecule has 0 aromatic carbocycles. The van der Waals surface area contributed by atoms with Crippen molar-refractivity contribution >= 4 is 14.3 Å². The molecule has 0 aliphatic rings. The number of aliphatic carboxylic acids is 1. The lowest BCUT2D eigenvalue weighted by Crippen LogP contribution is -2.48. The minimum absolute atomic E-state index is 0.0356. The van der Waals surface area contributed by atoms with E-state index in [9.17, 15) is 9.90 Å². The fourth-order valence-corrected chi connectivity index (χ4v) is 2.60. The van der Waals surface area contributed by atoms with Gasteiger partial charge in [-0.3, -0.25) is 0 Å². The number of aliphatic hydroxyl groups is 1. The van der Waals surface area contributed by atoms with Crippen LogP contribution in [0.1, 0.15) is 34.6 Å². The van der Waals surface area contributed by atoms with Gasteiger partial charge in [-0.15, -0.1) is 0 Å². The quantitative estimate of drug-likeness (QED) is 0.582. The molecule has 0 unspecified atom stereocenters. The van der Waals surface area contributed by atoms with Crippen LogP contribution in [0.5, 0.6) is 0 Å². The van der Waals surface area contributed by atoms with Crippen LogP contribution in [0.25, 0.3) is 0 Å². The summed E-state index contributed by atoms with van der Waals surface area (Å²) in [6.45, 7) is 14.3. The van der Waals surface area contributed by atoms with Gasteiger partial charge in [0.2, 0.25) is 0 Å². The van der Waals surface area contributed by atoms with E-state index in [0.717, 1.165) is 6.08 Å². The first-order valence-electron chi connectivity index (χ1n) is 6.53. The van der Waals surface area contributed by atoms with Gasteiger partial charge in [-0.1, -0.05) is 34.6 Å². The maximum absolute atomic E-state index is 10.7. The van der Waals surface area contributed by atoms with Crippen LogP contribution in [-0.4, -0.2) is 37.2 Å². The van der Waals surface area contributed by atoms with Crippen molar-refractivity contribution in [1.29, 1.82) is 0 Å². The zero-order valence-corrected chi connectivity index (χ0v) is 14.2. The van der Waals surface area contributed by atoms with E-state index in [1.54, 1.807) is 6.08 Å². The van der Waals surface area contributed by atoms with E-state index >= 15 is 0 Å². The van der Waals surface area contributed by atoms with Crippen LogP contribution in [0, 0.1) is 5.41 Å². The number of carboxylic acids is 1. The van der Waals surface area contributed by atoms with E-state index in [4.69, 9.17) is 9.53 Å². The SMILES string of the molecule is CC(C)(CO)[C@H](C=CC(=O)O)O[Si](C)(C)C(C)(C)C. The minimum Gasteiger partial charge on any atom is -0.478 e. The molecule has 0 rings (SSSR count). The minimum atomic E-state index is -2.02. The van der Waals surface area contributed by atoms with Gasteiger partial charge in [-0.25, -0.2) is 4.79 Å². The number of rotatable bonds is 6. The molecule has 0 heterocycles. The van der Waals surface area contributed by atoms with Crippen LogP contribution < -0.4 is 0 Å². The first-order chi connectivity index (χ1) is 8.33. The van der Waals surface area contributed by atoms with Gasteiger partial charge in [0.05, 0.1) is 12.7 Å². The lowest BCUT2D eigenvalue weighted by Gasteiger charge is -2.42. The second-order valence-corrected chi connectivity index (χ2v) is 11.9. The molecule has 0 amide bonds. The fraction of sp³-hybridized carbons (Fsp3) is 0.786. The Morgan fingerprint density at radius 3 is 2.05 bits per heavy atom. The maximum atomic E-state index is 10.7. The predicted octanol–water partition coefficient (Wildman–Crippen LogP) is 3.04. The van der Waals surface area contributed by atoms with Gasteiger partial charge in [0.15, 0.2) is 8.32 Å². The highest BCUT2D eigenvalue weighted by Crippen LogP contribution is 2.39. The number of carboxylic acid groups (broad SMARTS) is 1. The molecule has 19 heavy (non-hydrogen) atoms. The van der Waals surface area contributed by atoms with Crippen LogP contribution in [0.2, 0.25) is 18.1 Å². The molecular formula is C14H28O4Si. The third kappa shape index (κ3) is 5.46. The monoisotopic (exact) mass is 288 g/mol. The first-order valence-corrected chi connectivity index (χ1v) is 9.44. The first kappa shape index (κ1) is 18.3. The summed E-state index contributed by atoms with van der Waals surface area (Å²) in [6.07, 6.45) is 2.23. The summed E-state index contributed by atoms with van der Waals surface area (Å²) in [6, 6.07) is 0. The van der Waals surface area contributed by atoms with Crippen molar-refractivity contribution in [2.75, 3.05) is 6.61 Å². The molecule has 0 radical (unpaired) electrons. The van der Waals surface area contributed by atoms with E-state index in [2.05, 4.69) is 33.9 Å². The van der Waals surface area contributed by atoms with Gasteiger partial charge < -0.3 is 14.6 Å². The standard InChI is InChI=1S/C14H28O4Si/c1-13(2,3)19(6,7)18-11(8-9-12(16)17)14(4,5)10-15/h8-9,11,15H,10H2,1-7H3,(H,16,17)/t11-/m0/s1. The van der Waals surface area contributed by atoms with Crippen LogP contribution >= 0.6 is 0 Å². The van der Waals surface area contributed by atoms with Crippen molar-refractivity contribution < 1.29 is 19.4 Å². The van der Waals surface area contributed by atoms with E-state index < -0.39 is 25.8 Å². The van der Waals surface area contributed by atoms with Crippen molar-refractivity contribution in [3.63, 3.8) is 0 Å². The van der Waals surface area contributed by atoms with E-state index in [1.807, 2.05) is 13.8 Å². The normalized spacial score (nSPS) is 15.8. The summed E-state index contributed by atoms with van der Waals surface area (Å²) in [5.74, 6) is -1.00. The molecule has 0 aliphatic carbocycles. The smallest absolute Gasteiger partial charge is 0.328 e. The van der Waals surface area contributed by atoms with Crippen molar-refractivity contribution in [2.45, 2.75) is 58.9 Å². The van der Waals surface area contributed by atoms with Gasteiger partial charge in [0.1, 0.15) is 0 Å². The Morgan fingerprint density at radius 1 is 1.26 bits per heavy atom. The van der Waals surface area contributed by atoms with Gasteiger partial charge in [0.25, 0.3) is 0 Å². The molecule has 5 heteroatoms. The fourth-order valence-electron chi connectivity index (χ4n) is 1.21. The third-order valence-electron chi connectivity index (χ3n) is 3.82. The van der Waals surface area contributed by atoms with Crippen molar-refractivity contribution in [2.24, 2.45) is 5.41 Å². The summed E-state index contributed by atoms with van der Waals surface area (Å²) >= 11 is 0. The lowest BCUT2D eigenvalue weighted by molar-refractivity contribution is -0.131. The van der Waals surface area contributed by atoms with Gasteiger partial charge in [0, 0.05) is 11.5 Å². The number of hydrogen-bond donors (Lipinski definition) is 2. The van der Waals surface area contributed by atoms with Gasteiger partial charge in [-0.05, 0) is 24.2 Å². The average molecular weight is 288 g/mol. The Labute approximate surface area is 117 Å². The van der Waals surface area contributed by atoms with Crippen molar-refractivity contribution in [1.82, 2.24) is 0 Å². The molecule has 0 aliphatic heterocycles. The third-order valence-corrected chi connectivity index (χ3v) is 8.27. The van der Waals surface area contributed by atoms with Gasteiger partial charge in [-0.2, -0.15) is 0 Å². The van der Waals surface area contributed by atoms with Gasteiger partial charge >= 0.3 is 5.97 Å². The molecular weight excluding hydrogens is 260 g/mol. The molecule has 0 saturated heterocycles. The number of hydrogen-bond acceptors (Lipinski definition) is 3. The molecule has 0 bridgehead atoms. The molecule has 0 aromatic rings. The summed E-state index contributed by atoms with van der Waals surface area (Å²) in [5, 5.41) is 18.3. The molecule has 2 N–H and O–H groups in total. The highest BCUT2D eigenvalue weighted by Gasteiger charge is 2.41. The molecule has 0 fully saturated rings. The van der Waals surface area contributed by atoms with Crippen LogP contribution in [0.4, 0.5) is 0 Å². The van der Waals surface area contributed by atoms with Crippen LogP contribution in [0.3, 0.4) is 0 Å². The average Bonchev–Trinajstić information content (AvgIpc) is 2.22. The van der Waals surface area contributed by atoms with Crippen molar-refractivity contribution in [3.8, 4) is 0 Å². The number of aliphatic hydroxyl groups excluding tert-OH is 1. The molecule has 1 atom stereocenters. The topological polar surface area (TPSA) is 66.8 Å². The summed E-state index contributed by atoms with van der Waals surface area (Å²) in [4.78, 5) is 10.7. The van der Waals surface area contributed by atoms with E-state index in [-0.39, 0.29) is 11.6 Å². The molecule has 4 nitrogen and oxygen atoms in total. The molecule has 0 spiro atoms. The highest BCUT2D eigenvalue weighted by atomic mass is 28.4. The van der Waals surface area contributed by atoms with Crippen molar-refractivity contribution in [3.05, 3.63) is 12.2 Å². The van der Waals surface area contributed by atoms with Crippen LogP contribution in [-0.2, 0) is 9.22 Å². The second kappa shape index (κ2) is 6.20. The number of carbonyl (C=O) groups is 1. The zero-order valence-electron chi connectivity index (χ0n) is 13.2. The van der Waals surface area contributed by atoms with E-state index in [1.165, 1.54) is 0 Å². The largest absolute Gasteiger partial charge is 0.478 e. The Balaban J connectivity index is 5.24. The van der Waals surface area contributed by atoms with Crippen LogP contribution in [0.15, 0.2) is 12.2 Å². The molecule has 112 valence electrons. The molecule has 0 aromatic heterocycles. The molecule has 0 saturated carbocycles. The Hall–Kier alpha value is -0.653. The Morgan fingerprint density at radius 2 is 1.74 bits per heavy atom. The van der Waals surface area contributed by atoms with E-state index in [0.29, 0.717) is 0 Å². The lowest BCUT2D eigenvalue weighted by atomic mass is 9.87. The summed E-state index contributed by atoms with van der Waals surface area (Å²) in [5.41, 5.74) is -0.512. The Kier molecular flexibility index (Phi) is 5.99. The second-order valence-electron chi connectivity index (χ2n) is 7.14. The predicted molar refractivity (Wildman–Crippen MR) is 79.7 cm³/mol. The zero-order chi connectivity index (χ0) is 15.5. The Bertz CT molecular complexity index is 340.